The lowest BCUT2D eigenvalue weighted by Gasteiger charge is -2.03. The second-order valence-electron chi connectivity index (χ2n) is 4.22. The largest absolute Gasteiger partial charge is 0.478 e. The zero-order valence-electron chi connectivity index (χ0n) is 10.5. The lowest BCUT2D eigenvalue weighted by Crippen LogP contribution is -1.90. The molecule has 0 atom stereocenters. The summed E-state index contributed by atoms with van der Waals surface area (Å²) in [6.07, 6.45) is 4.22. The van der Waals surface area contributed by atoms with Crippen molar-refractivity contribution >= 4 is 51.5 Å². The van der Waals surface area contributed by atoms with E-state index in [0.29, 0.717) is 15.7 Å². The number of imidazole rings is 1. The summed E-state index contributed by atoms with van der Waals surface area (Å²) in [5, 5.41) is 11.6. The van der Waals surface area contributed by atoms with Crippen molar-refractivity contribution in [3.63, 3.8) is 0 Å². The first kappa shape index (κ1) is 14.1. The van der Waals surface area contributed by atoms with Crippen LogP contribution in [0.5, 0.6) is 0 Å². The van der Waals surface area contributed by atoms with Crippen LogP contribution in [0.15, 0.2) is 35.9 Å². The lowest BCUT2D eigenvalue weighted by molar-refractivity contribution is -0.131. The second-order valence-corrected chi connectivity index (χ2v) is 5.87. The van der Waals surface area contributed by atoms with Crippen LogP contribution in [0.25, 0.3) is 22.3 Å². The number of benzene rings is 1. The molecule has 0 fully saturated rings. The van der Waals surface area contributed by atoms with E-state index in [9.17, 15) is 4.79 Å². The van der Waals surface area contributed by atoms with E-state index in [2.05, 4.69) is 4.98 Å². The summed E-state index contributed by atoms with van der Waals surface area (Å²) in [4.78, 5) is 15.7. The minimum atomic E-state index is -1.00. The first-order valence-corrected chi connectivity index (χ1v) is 7.51. The molecule has 106 valence electrons. The molecule has 0 radical (unpaired) electrons. The van der Waals surface area contributed by atoms with Crippen molar-refractivity contribution < 1.29 is 9.90 Å². The maximum Gasteiger partial charge on any atom is 0.328 e. The number of thiazole rings is 1. The molecule has 0 aliphatic rings. The minimum absolute atomic E-state index is 0.469. The summed E-state index contributed by atoms with van der Waals surface area (Å²) < 4.78 is 1.88. The highest BCUT2D eigenvalue weighted by atomic mass is 35.5. The molecule has 0 aliphatic heterocycles. The number of carbonyl (C=O) groups is 1. The Morgan fingerprint density at radius 3 is 2.86 bits per heavy atom. The highest BCUT2D eigenvalue weighted by Gasteiger charge is 2.11. The first-order chi connectivity index (χ1) is 10.1. The van der Waals surface area contributed by atoms with Gasteiger partial charge in [0.05, 0.1) is 27.6 Å². The van der Waals surface area contributed by atoms with Crippen molar-refractivity contribution in [3.8, 4) is 11.3 Å². The summed E-state index contributed by atoms with van der Waals surface area (Å²) in [5.41, 5.74) is 2.46. The van der Waals surface area contributed by atoms with Crippen LogP contribution in [-0.4, -0.2) is 20.5 Å². The van der Waals surface area contributed by atoms with E-state index in [4.69, 9.17) is 28.3 Å². The quantitative estimate of drug-likeness (QED) is 0.717. The van der Waals surface area contributed by atoms with E-state index in [1.54, 1.807) is 18.3 Å². The average Bonchev–Trinajstić information content (AvgIpc) is 3.01. The van der Waals surface area contributed by atoms with E-state index in [0.717, 1.165) is 22.3 Å². The Hall–Kier alpha value is -1.82. The van der Waals surface area contributed by atoms with Crippen LogP contribution in [0.1, 0.15) is 5.69 Å². The summed E-state index contributed by atoms with van der Waals surface area (Å²) in [6.45, 7) is 0. The molecular weight excluding hydrogens is 331 g/mol. The molecule has 0 spiro atoms. The summed E-state index contributed by atoms with van der Waals surface area (Å²) >= 11 is 13.5. The van der Waals surface area contributed by atoms with Gasteiger partial charge in [0.15, 0.2) is 4.96 Å². The maximum atomic E-state index is 10.7. The van der Waals surface area contributed by atoms with Crippen LogP contribution in [0.4, 0.5) is 0 Å². The van der Waals surface area contributed by atoms with E-state index in [1.165, 1.54) is 17.4 Å². The Labute approximate surface area is 133 Å². The minimum Gasteiger partial charge on any atom is -0.478 e. The fraction of sp³-hybridized carbons (Fsp3) is 0. The third-order valence-corrected chi connectivity index (χ3v) is 4.46. The van der Waals surface area contributed by atoms with Gasteiger partial charge in [-0.2, -0.15) is 0 Å². The molecule has 3 aromatic rings. The number of aromatic nitrogens is 2. The second kappa shape index (κ2) is 5.52. The van der Waals surface area contributed by atoms with Crippen molar-refractivity contribution in [3.05, 3.63) is 51.6 Å². The molecule has 0 aliphatic carbocycles. The first-order valence-electron chi connectivity index (χ1n) is 5.87. The van der Waals surface area contributed by atoms with Gasteiger partial charge in [0.25, 0.3) is 0 Å². The molecule has 0 bridgehead atoms. The SMILES string of the molecule is O=C(O)/C=C/c1cnc2scc(-c3ccc(Cl)c(Cl)c3)n12. The summed E-state index contributed by atoms with van der Waals surface area (Å²) in [7, 11) is 0. The Morgan fingerprint density at radius 1 is 1.33 bits per heavy atom. The van der Waals surface area contributed by atoms with Crippen LogP contribution in [-0.2, 0) is 4.79 Å². The van der Waals surface area contributed by atoms with Gasteiger partial charge in [0.1, 0.15) is 0 Å². The molecule has 1 aromatic carbocycles. The van der Waals surface area contributed by atoms with Gasteiger partial charge in [-0.3, -0.25) is 4.40 Å². The number of fused-ring (bicyclic) bond motifs is 1. The number of carboxylic acid groups (broad SMARTS) is 1. The molecule has 2 aromatic heterocycles. The number of aliphatic carboxylic acids is 1. The van der Waals surface area contributed by atoms with Gasteiger partial charge in [-0.1, -0.05) is 29.3 Å². The number of nitrogens with zero attached hydrogens (tertiary/aromatic N) is 2. The van der Waals surface area contributed by atoms with Gasteiger partial charge in [0.2, 0.25) is 0 Å². The smallest absolute Gasteiger partial charge is 0.328 e. The van der Waals surface area contributed by atoms with E-state index >= 15 is 0 Å². The Balaban J connectivity index is 2.16. The van der Waals surface area contributed by atoms with Gasteiger partial charge in [-0.05, 0) is 18.2 Å². The zero-order valence-corrected chi connectivity index (χ0v) is 12.8. The predicted octanol–water partition coefficient (Wildman–Crippen LogP) is 4.47. The molecule has 0 amide bonds. The fourth-order valence-corrected chi connectivity index (χ4v) is 3.14. The highest BCUT2D eigenvalue weighted by molar-refractivity contribution is 7.15. The molecule has 1 N–H and O–H groups in total. The van der Waals surface area contributed by atoms with Crippen LogP contribution < -0.4 is 0 Å². The third kappa shape index (κ3) is 2.68. The van der Waals surface area contributed by atoms with Gasteiger partial charge in [-0.15, -0.1) is 11.3 Å². The molecule has 0 saturated carbocycles. The van der Waals surface area contributed by atoms with E-state index in [1.807, 2.05) is 15.8 Å². The molecule has 0 unspecified atom stereocenters. The third-order valence-electron chi connectivity index (χ3n) is 2.89. The summed E-state index contributed by atoms with van der Waals surface area (Å²) in [6, 6.07) is 5.36. The zero-order chi connectivity index (χ0) is 15.0. The average molecular weight is 339 g/mol. The van der Waals surface area contributed by atoms with E-state index in [-0.39, 0.29) is 0 Å². The Kier molecular flexibility index (Phi) is 3.71. The van der Waals surface area contributed by atoms with Crippen LogP contribution in [0.2, 0.25) is 10.0 Å². The van der Waals surface area contributed by atoms with Crippen LogP contribution >= 0.6 is 34.5 Å². The highest BCUT2D eigenvalue weighted by Crippen LogP contribution is 2.32. The number of hydrogen-bond donors (Lipinski definition) is 1. The topological polar surface area (TPSA) is 54.6 Å². The van der Waals surface area contributed by atoms with Gasteiger partial charge in [-0.25, -0.2) is 9.78 Å². The number of rotatable bonds is 3. The van der Waals surface area contributed by atoms with Crippen molar-refractivity contribution in [2.45, 2.75) is 0 Å². The molecule has 3 rings (SSSR count). The van der Waals surface area contributed by atoms with Crippen LogP contribution in [0.3, 0.4) is 0 Å². The molecule has 0 saturated heterocycles. The molecule has 7 heteroatoms. The van der Waals surface area contributed by atoms with Crippen LogP contribution in [0, 0.1) is 0 Å². The van der Waals surface area contributed by atoms with Crippen molar-refractivity contribution in [1.82, 2.24) is 9.38 Å². The molecule has 21 heavy (non-hydrogen) atoms. The number of halogens is 2. The van der Waals surface area contributed by atoms with Gasteiger partial charge >= 0.3 is 5.97 Å². The van der Waals surface area contributed by atoms with Gasteiger partial charge in [0, 0.05) is 17.0 Å². The van der Waals surface area contributed by atoms with Crippen molar-refractivity contribution in [2.24, 2.45) is 0 Å². The summed E-state index contributed by atoms with van der Waals surface area (Å²) in [5.74, 6) is -1.00. The predicted molar refractivity (Wildman–Crippen MR) is 85.2 cm³/mol. The van der Waals surface area contributed by atoms with E-state index < -0.39 is 5.97 Å². The Bertz CT molecular complexity index is 867. The molecular formula is C14H8Cl2N2O2S. The standard InChI is InChI=1S/C14H8Cl2N2O2S/c15-10-3-1-8(5-11(10)16)12-7-21-14-17-6-9(18(12)14)2-4-13(19)20/h1-7H,(H,19,20)/b4-2+. The Morgan fingerprint density at radius 2 is 2.14 bits per heavy atom. The number of carboxylic acids is 1. The molecule has 4 nitrogen and oxygen atoms in total. The van der Waals surface area contributed by atoms with Crippen molar-refractivity contribution in [2.75, 3.05) is 0 Å². The van der Waals surface area contributed by atoms with Crippen molar-refractivity contribution in [1.29, 1.82) is 0 Å². The number of hydrogen-bond acceptors (Lipinski definition) is 3. The normalized spacial score (nSPS) is 11.5. The fourth-order valence-electron chi connectivity index (χ4n) is 1.96. The maximum absolute atomic E-state index is 10.7. The lowest BCUT2D eigenvalue weighted by atomic mass is 10.2. The van der Waals surface area contributed by atoms with Gasteiger partial charge < -0.3 is 5.11 Å². The monoisotopic (exact) mass is 338 g/mol. The molecule has 2 heterocycles.